The smallest absolute Gasteiger partial charge is 0.183 e. The molecule has 1 N–H and O–H groups in total. The van der Waals surface area contributed by atoms with E-state index < -0.39 is 0 Å². The van der Waals surface area contributed by atoms with Crippen LogP contribution in [-0.4, -0.2) is 31.8 Å². The van der Waals surface area contributed by atoms with Crippen molar-refractivity contribution in [3.05, 3.63) is 90.4 Å². The Hall–Kier alpha value is -4.26. The first-order valence-corrected chi connectivity index (χ1v) is 11.4. The number of aryl methyl sites for hydroxylation is 1. The Morgan fingerprint density at radius 1 is 0.941 bits per heavy atom. The highest BCUT2D eigenvalue weighted by Crippen LogP contribution is 2.31. The van der Waals surface area contributed by atoms with Crippen molar-refractivity contribution in [3.63, 3.8) is 0 Å². The van der Waals surface area contributed by atoms with E-state index >= 15 is 0 Å². The number of methoxy groups -OCH3 is 1. The van der Waals surface area contributed by atoms with Gasteiger partial charge >= 0.3 is 0 Å². The van der Waals surface area contributed by atoms with Crippen molar-refractivity contribution in [3.8, 4) is 17.3 Å². The Morgan fingerprint density at radius 3 is 2.47 bits per heavy atom. The van der Waals surface area contributed by atoms with Gasteiger partial charge in [-0.3, -0.25) is 9.67 Å². The number of nitrogens with zero attached hydrogens (tertiary/aromatic N) is 5. The largest absolute Gasteiger partial charge is 0.491 e. The normalized spacial score (nSPS) is 11.0. The molecule has 5 aromatic rings. The lowest BCUT2D eigenvalue weighted by atomic mass is 10.1. The van der Waals surface area contributed by atoms with E-state index in [0.29, 0.717) is 23.9 Å². The highest BCUT2D eigenvalue weighted by atomic mass is 16.5. The molecule has 0 radical (unpaired) electrons. The van der Waals surface area contributed by atoms with Gasteiger partial charge in [0.1, 0.15) is 5.69 Å². The lowest BCUT2D eigenvalue weighted by molar-refractivity contribution is 0.413. The summed E-state index contributed by atoms with van der Waals surface area (Å²) in [5.41, 5.74) is 5.20. The average molecular weight is 451 g/mol. The molecule has 170 valence electrons. The topological polar surface area (TPSA) is 77.8 Å². The molecule has 0 saturated carbocycles. The maximum Gasteiger partial charge on any atom is 0.183 e. The van der Waals surface area contributed by atoms with Crippen LogP contribution in [0.5, 0.6) is 5.75 Å². The van der Waals surface area contributed by atoms with Gasteiger partial charge in [0.25, 0.3) is 0 Å². The molecule has 0 aliphatic heterocycles. The molecule has 0 saturated heterocycles. The van der Waals surface area contributed by atoms with Crippen LogP contribution >= 0.6 is 0 Å². The molecule has 0 amide bonds. The summed E-state index contributed by atoms with van der Waals surface area (Å²) in [5.74, 6) is 1.66. The highest BCUT2D eigenvalue weighted by molar-refractivity contribution is 5.92. The molecule has 0 atom stereocenters. The first-order chi connectivity index (χ1) is 16.7. The molecule has 0 aliphatic rings. The van der Waals surface area contributed by atoms with Crippen LogP contribution in [0.1, 0.15) is 24.5 Å². The monoisotopic (exact) mass is 450 g/mol. The lowest BCUT2D eigenvalue weighted by Crippen LogP contribution is -2.03. The number of fused-ring (bicyclic) bond motifs is 1. The van der Waals surface area contributed by atoms with E-state index in [1.807, 2.05) is 28.9 Å². The molecule has 3 heterocycles. The fraction of sp³-hybridized carbons (Fsp3) is 0.185. The number of nitrogens with one attached hydrogen (secondary N) is 1. The number of aromatic nitrogens is 5. The number of ether oxygens (including phenoxy) is 1. The molecule has 0 unspecified atom stereocenters. The number of pyridine rings is 1. The molecule has 3 aromatic heterocycles. The van der Waals surface area contributed by atoms with E-state index in [0.717, 1.165) is 35.1 Å². The zero-order valence-corrected chi connectivity index (χ0v) is 19.3. The first-order valence-electron chi connectivity index (χ1n) is 11.4. The van der Waals surface area contributed by atoms with Gasteiger partial charge in [-0.25, -0.2) is 9.97 Å². The zero-order valence-electron chi connectivity index (χ0n) is 19.3. The van der Waals surface area contributed by atoms with Gasteiger partial charge in [-0.15, -0.1) is 0 Å². The molecule has 0 spiro atoms. The molecular weight excluding hydrogens is 424 g/mol. The Morgan fingerprint density at radius 2 is 1.71 bits per heavy atom. The minimum atomic E-state index is 0.533. The van der Waals surface area contributed by atoms with Crippen molar-refractivity contribution in [2.75, 3.05) is 12.4 Å². The second-order valence-electron chi connectivity index (χ2n) is 8.06. The standard InChI is InChI=1S/C27H26N6O/c1-3-6-19-9-11-20(12-10-19)18-33-23-8-5-4-7-22(23)25(32-33)27-29-17-24(34-2)26(31-27)30-21-13-15-28-16-14-21/h4-5,7-17H,3,6,18H2,1-2H3,(H,28,29,30,31). The summed E-state index contributed by atoms with van der Waals surface area (Å²) in [4.78, 5) is 13.4. The van der Waals surface area contributed by atoms with Gasteiger partial charge < -0.3 is 10.1 Å². The third-order valence-corrected chi connectivity index (χ3v) is 5.68. The van der Waals surface area contributed by atoms with Crippen molar-refractivity contribution in [1.29, 1.82) is 0 Å². The summed E-state index contributed by atoms with van der Waals surface area (Å²) < 4.78 is 7.50. The van der Waals surface area contributed by atoms with Crippen molar-refractivity contribution in [2.45, 2.75) is 26.3 Å². The molecule has 0 bridgehead atoms. The fourth-order valence-corrected chi connectivity index (χ4v) is 3.98. The number of hydrogen-bond acceptors (Lipinski definition) is 6. The second kappa shape index (κ2) is 9.70. The van der Waals surface area contributed by atoms with Gasteiger partial charge in [0.15, 0.2) is 17.4 Å². The van der Waals surface area contributed by atoms with Gasteiger partial charge in [-0.1, -0.05) is 55.8 Å². The third-order valence-electron chi connectivity index (χ3n) is 5.68. The van der Waals surface area contributed by atoms with E-state index in [-0.39, 0.29) is 0 Å². The number of rotatable bonds is 8. The average Bonchev–Trinajstić information content (AvgIpc) is 3.24. The van der Waals surface area contributed by atoms with Gasteiger partial charge in [-0.2, -0.15) is 5.10 Å². The highest BCUT2D eigenvalue weighted by Gasteiger charge is 2.17. The van der Waals surface area contributed by atoms with E-state index in [1.54, 1.807) is 25.7 Å². The molecule has 0 aliphatic carbocycles. The van der Waals surface area contributed by atoms with Crippen LogP contribution in [0.2, 0.25) is 0 Å². The summed E-state index contributed by atoms with van der Waals surface area (Å²) in [6.07, 6.45) is 7.36. The van der Waals surface area contributed by atoms with E-state index in [2.05, 4.69) is 58.6 Å². The summed E-state index contributed by atoms with van der Waals surface area (Å²) >= 11 is 0. The summed E-state index contributed by atoms with van der Waals surface area (Å²) in [6, 6.07) is 20.7. The molecule has 2 aromatic carbocycles. The van der Waals surface area contributed by atoms with Crippen LogP contribution < -0.4 is 10.1 Å². The second-order valence-corrected chi connectivity index (χ2v) is 8.06. The summed E-state index contributed by atoms with van der Waals surface area (Å²) in [6.45, 7) is 2.87. The Balaban J connectivity index is 1.52. The maximum absolute atomic E-state index is 5.48. The Labute approximate surface area is 198 Å². The van der Waals surface area contributed by atoms with Crippen LogP contribution in [0.3, 0.4) is 0 Å². The Kier molecular flexibility index (Phi) is 6.16. The van der Waals surface area contributed by atoms with Crippen LogP contribution in [0.4, 0.5) is 11.5 Å². The molecule has 0 fully saturated rings. The SMILES string of the molecule is CCCc1ccc(Cn2nc(-c3ncc(OC)c(Nc4ccncc4)n3)c3ccccc32)cc1. The molecule has 5 rings (SSSR count). The number of benzene rings is 2. The van der Waals surface area contributed by atoms with Crippen molar-refractivity contribution >= 4 is 22.4 Å². The van der Waals surface area contributed by atoms with Crippen molar-refractivity contribution < 1.29 is 4.74 Å². The van der Waals surface area contributed by atoms with Gasteiger partial charge in [-0.05, 0) is 35.7 Å². The number of hydrogen-bond donors (Lipinski definition) is 1. The van der Waals surface area contributed by atoms with E-state index in [4.69, 9.17) is 14.8 Å². The van der Waals surface area contributed by atoms with Crippen molar-refractivity contribution in [2.24, 2.45) is 0 Å². The number of anilines is 2. The minimum Gasteiger partial charge on any atom is -0.491 e. The first kappa shape index (κ1) is 21.6. The van der Waals surface area contributed by atoms with Gasteiger partial charge in [0, 0.05) is 23.5 Å². The number of para-hydroxylation sites is 1. The zero-order chi connectivity index (χ0) is 23.3. The van der Waals surface area contributed by atoms with Gasteiger partial charge in [0.05, 0.1) is 25.4 Å². The van der Waals surface area contributed by atoms with Crippen LogP contribution in [0.15, 0.2) is 79.3 Å². The van der Waals surface area contributed by atoms with E-state index in [1.165, 1.54) is 11.1 Å². The molecule has 7 nitrogen and oxygen atoms in total. The molecule has 34 heavy (non-hydrogen) atoms. The summed E-state index contributed by atoms with van der Waals surface area (Å²) in [7, 11) is 1.60. The Bertz CT molecular complexity index is 1400. The molecule has 7 heteroatoms. The third kappa shape index (κ3) is 4.45. The maximum atomic E-state index is 5.48. The van der Waals surface area contributed by atoms with E-state index in [9.17, 15) is 0 Å². The quantitative estimate of drug-likeness (QED) is 0.330. The van der Waals surface area contributed by atoms with Crippen LogP contribution in [0, 0.1) is 0 Å². The minimum absolute atomic E-state index is 0.533. The molecular formula is C27H26N6O. The summed E-state index contributed by atoms with van der Waals surface area (Å²) in [5, 5.41) is 9.23. The fourth-order valence-electron chi connectivity index (χ4n) is 3.98. The van der Waals surface area contributed by atoms with Crippen LogP contribution in [-0.2, 0) is 13.0 Å². The predicted molar refractivity (Wildman–Crippen MR) is 134 cm³/mol. The lowest BCUT2D eigenvalue weighted by Gasteiger charge is -2.10. The van der Waals surface area contributed by atoms with Crippen molar-refractivity contribution in [1.82, 2.24) is 24.7 Å². The van der Waals surface area contributed by atoms with Gasteiger partial charge in [0.2, 0.25) is 0 Å². The predicted octanol–water partition coefficient (Wildman–Crippen LogP) is 5.64. The van der Waals surface area contributed by atoms with Crippen LogP contribution in [0.25, 0.3) is 22.4 Å².